The Bertz CT molecular complexity index is 666. The van der Waals surface area contributed by atoms with Gasteiger partial charge in [-0.2, -0.15) is 0 Å². The number of aliphatic hydroxyl groups excluding tert-OH is 1. The minimum absolute atomic E-state index is 0.0414. The molecule has 0 aromatic carbocycles. The van der Waals surface area contributed by atoms with Crippen molar-refractivity contribution in [1.82, 2.24) is 0 Å². The molecule has 0 saturated heterocycles. The maximum atomic E-state index is 12.1. The Morgan fingerprint density at radius 3 is 1.76 bits per heavy atom. The molecule has 5 nitrogen and oxygen atoms in total. The summed E-state index contributed by atoms with van der Waals surface area (Å²) in [4.78, 5) is 23.9. The second-order valence-corrected chi connectivity index (χ2v) is 11.0. The van der Waals surface area contributed by atoms with Crippen LogP contribution < -0.4 is 0 Å². The van der Waals surface area contributed by atoms with E-state index in [1.54, 1.807) is 6.92 Å². The lowest BCUT2D eigenvalue weighted by Crippen LogP contribution is -2.27. The van der Waals surface area contributed by atoms with Gasteiger partial charge in [0.25, 0.3) is 0 Å². The van der Waals surface area contributed by atoms with E-state index < -0.39 is 18.0 Å². The molecule has 0 aromatic rings. The SMILES string of the molecule is C=C(C)C(=O)OCC(CCC1CCC(C2CCC(CCC)CC2)CC1)COC(=O)C(=C)C(C)O. The van der Waals surface area contributed by atoms with Gasteiger partial charge < -0.3 is 14.6 Å². The van der Waals surface area contributed by atoms with Gasteiger partial charge >= 0.3 is 11.9 Å². The molecule has 2 aliphatic rings. The Balaban J connectivity index is 1.77. The van der Waals surface area contributed by atoms with Crippen LogP contribution in [-0.2, 0) is 19.1 Å². The molecule has 34 heavy (non-hydrogen) atoms. The smallest absolute Gasteiger partial charge is 0.336 e. The van der Waals surface area contributed by atoms with E-state index in [0.717, 1.165) is 30.6 Å². The van der Waals surface area contributed by atoms with Crippen molar-refractivity contribution in [2.75, 3.05) is 13.2 Å². The molecule has 5 heteroatoms. The Morgan fingerprint density at radius 2 is 1.32 bits per heavy atom. The molecule has 2 aliphatic carbocycles. The molecule has 2 unspecified atom stereocenters. The molecule has 2 rings (SSSR count). The van der Waals surface area contributed by atoms with Crippen molar-refractivity contribution in [3.63, 3.8) is 0 Å². The average molecular weight is 477 g/mol. The summed E-state index contributed by atoms with van der Waals surface area (Å²) in [7, 11) is 0. The van der Waals surface area contributed by atoms with Crippen molar-refractivity contribution >= 4 is 11.9 Å². The standard InChI is InChI=1S/C29H48O5/c1-6-7-23-10-14-26(15-11-23)27-16-12-24(13-17-27)8-9-25(18-33-28(31)20(2)3)19-34-29(32)21(4)22(5)30/h22-27,30H,2,4,6-19H2,1,3,5H3. The summed E-state index contributed by atoms with van der Waals surface area (Å²) in [6, 6.07) is 0. The summed E-state index contributed by atoms with van der Waals surface area (Å²) < 4.78 is 10.7. The van der Waals surface area contributed by atoms with Crippen molar-refractivity contribution in [1.29, 1.82) is 0 Å². The molecule has 2 fully saturated rings. The molecule has 1 N–H and O–H groups in total. The molecule has 0 bridgehead atoms. The van der Waals surface area contributed by atoms with Crippen LogP contribution in [0.25, 0.3) is 0 Å². The van der Waals surface area contributed by atoms with Gasteiger partial charge in [-0.15, -0.1) is 0 Å². The predicted octanol–water partition coefficient (Wildman–Crippen LogP) is 6.40. The van der Waals surface area contributed by atoms with Crippen LogP contribution in [0.1, 0.15) is 97.8 Å². The van der Waals surface area contributed by atoms with E-state index in [0.29, 0.717) is 11.5 Å². The lowest BCUT2D eigenvalue weighted by Gasteiger charge is -2.38. The third-order valence-electron chi connectivity index (χ3n) is 8.14. The van der Waals surface area contributed by atoms with E-state index in [1.165, 1.54) is 71.1 Å². The Morgan fingerprint density at radius 1 is 0.853 bits per heavy atom. The summed E-state index contributed by atoms with van der Waals surface area (Å²) in [6.45, 7) is 13.0. The third kappa shape index (κ3) is 9.56. The van der Waals surface area contributed by atoms with E-state index in [1.807, 2.05) is 0 Å². The molecule has 0 radical (unpaired) electrons. The molecule has 2 atom stereocenters. The third-order valence-corrected chi connectivity index (χ3v) is 8.14. The van der Waals surface area contributed by atoms with E-state index in [-0.39, 0.29) is 24.7 Å². The van der Waals surface area contributed by atoms with Crippen molar-refractivity contribution in [2.24, 2.45) is 29.6 Å². The fourth-order valence-electron chi connectivity index (χ4n) is 5.76. The van der Waals surface area contributed by atoms with Gasteiger partial charge in [0.05, 0.1) is 24.9 Å². The van der Waals surface area contributed by atoms with Gasteiger partial charge in [0.2, 0.25) is 0 Å². The quantitative estimate of drug-likeness (QED) is 0.246. The van der Waals surface area contributed by atoms with Gasteiger partial charge in [-0.3, -0.25) is 0 Å². The summed E-state index contributed by atoms with van der Waals surface area (Å²) in [5.41, 5.74) is 0.403. The first-order chi connectivity index (χ1) is 16.2. The minimum atomic E-state index is -0.941. The normalized spacial score (nSPS) is 26.8. The van der Waals surface area contributed by atoms with Crippen LogP contribution >= 0.6 is 0 Å². The molecule has 2 saturated carbocycles. The predicted molar refractivity (Wildman–Crippen MR) is 136 cm³/mol. The largest absolute Gasteiger partial charge is 0.462 e. The number of esters is 2. The fourth-order valence-corrected chi connectivity index (χ4v) is 5.76. The van der Waals surface area contributed by atoms with Crippen LogP contribution in [0.2, 0.25) is 0 Å². The summed E-state index contributed by atoms with van der Waals surface area (Å²) in [5, 5.41) is 9.54. The lowest BCUT2D eigenvalue weighted by atomic mass is 9.68. The molecule has 0 amide bonds. The first kappa shape index (κ1) is 28.6. The topological polar surface area (TPSA) is 72.8 Å². The van der Waals surface area contributed by atoms with Crippen molar-refractivity contribution in [3.8, 4) is 0 Å². The number of carbonyl (C=O) groups excluding carboxylic acids is 2. The fraction of sp³-hybridized carbons (Fsp3) is 0.793. The zero-order valence-electron chi connectivity index (χ0n) is 21.9. The van der Waals surface area contributed by atoms with Crippen molar-refractivity contribution in [2.45, 2.75) is 104 Å². The minimum Gasteiger partial charge on any atom is -0.462 e. The average Bonchev–Trinajstić information content (AvgIpc) is 2.83. The monoisotopic (exact) mass is 476 g/mol. The first-order valence-electron chi connectivity index (χ1n) is 13.6. The van der Waals surface area contributed by atoms with E-state index in [4.69, 9.17) is 9.47 Å². The van der Waals surface area contributed by atoms with Gasteiger partial charge in [0, 0.05) is 11.5 Å². The molecule has 0 spiro atoms. The number of hydrogen-bond donors (Lipinski definition) is 1. The Kier molecular flexibility index (Phi) is 12.4. The lowest BCUT2D eigenvalue weighted by molar-refractivity contribution is -0.145. The molecular formula is C29H48O5. The zero-order chi connectivity index (χ0) is 25.1. The highest BCUT2D eigenvalue weighted by atomic mass is 16.5. The van der Waals surface area contributed by atoms with Crippen LogP contribution in [0.4, 0.5) is 0 Å². The summed E-state index contributed by atoms with van der Waals surface area (Å²) >= 11 is 0. The molecule has 0 heterocycles. The van der Waals surface area contributed by atoms with Crippen molar-refractivity contribution in [3.05, 3.63) is 24.3 Å². The van der Waals surface area contributed by atoms with Gasteiger partial charge in [-0.25, -0.2) is 9.59 Å². The molecular weight excluding hydrogens is 428 g/mol. The van der Waals surface area contributed by atoms with E-state index >= 15 is 0 Å². The highest BCUT2D eigenvalue weighted by Crippen LogP contribution is 2.43. The highest BCUT2D eigenvalue weighted by molar-refractivity contribution is 5.88. The highest BCUT2D eigenvalue weighted by Gasteiger charge is 2.31. The number of carbonyl (C=O) groups is 2. The Labute approximate surface area is 207 Å². The molecule has 194 valence electrons. The Hall–Kier alpha value is -1.62. The van der Waals surface area contributed by atoms with E-state index in [9.17, 15) is 14.7 Å². The van der Waals surface area contributed by atoms with Gasteiger partial charge in [0.15, 0.2) is 0 Å². The number of aliphatic hydroxyl groups is 1. The maximum absolute atomic E-state index is 12.1. The van der Waals surface area contributed by atoms with Crippen LogP contribution in [0.15, 0.2) is 24.3 Å². The molecule has 0 aliphatic heterocycles. The van der Waals surface area contributed by atoms with Gasteiger partial charge in [0.1, 0.15) is 0 Å². The van der Waals surface area contributed by atoms with Crippen LogP contribution in [0, 0.1) is 29.6 Å². The number of rotatable bonds is 13. The van der Waals surface area contributed by atoms with E-state index in [2.05, 4.69) is 20.1 Å². The van der Waals surface area contributed by atoms with Gasteiger partial charge in [-0.05, 0) is 76.0 Å². The second-order valence-electron chi connectivity index (χ2n) is 11.0. The summed E-state index contributed by atoms with van der Waals surface area (Å²) in [5.74, 6) is 2.42. The van der Waals surface area contributed by atoms with Gasteiger partial charge in [-0.1, -0.05) is 58.6 Å². The van der Waals surface area contributed by atoms with Crippen LogP contribution in [0.5, 0.6) is 0 Å². The van der Waals surface area contributed by atoms with Crippen molar-refractivity contribution < 1.29 is 24.2 Å². The zero-order valence-corrected chi connectivity index (χ0v) is 21.9. The number of ether oxygens (including phenoxy) is 2. The second kappa shape index (κ2) is 14.7. The van der Waals surface area contributed by atoms with Crippen LogP contribution in [0.3, 0.4) is 0 Å². The maximum Gasteiger partial charge on any atom is 0.336 e. The first-order valence-corrected chi connectivity index (χ1v) is 13.6. The van der Waals surface area contributed by atoms with Crippen LogP contribution in [-0.4, -0.2) is 36.4 Å². The summed E-state index contributed by atoms with van der Waals surface area (Å²) in [6.07, 6.45) is 14.6. The number of hydrogen-bond acceptors (Lipinski definition) is 5. The molecule has 0 aromatic heterocycles.